The van der Waals surface area contributed by atoms with E-state index in [-0.39, 0.29) is 6.10 Å². The zero-order valence-corrected chi connectivity index (χ0v) is 13.7. The van der Waals surface area contributed by atoms with Gasteiger partial charge < -0.3 is 15.4 Å². The Hall–Kier alpha value is -2.49. The second-order valence-electron chi connectivity index (χ2n) is 5.78. The summed E-state index contributed by atoms with van der Waals surface area (Å²) in [7, 11) is 1.79. The van der Waals surface area contributed by atoms with Gasteiger partial charge in [0.25, 0.3) is 0 Å². The summed E-state index contributed by atoms with van der Waals surface area (Å²) >= 11 is 0. The van der Waals surface area contributed by atoms with E-state index >= 15 is 0 Å². The Morgan fingerprint density at radius 3 is 2.70 bits per heavy atom. The van der Waals surface area contributed by atoms with Crippen molar-refractivity contribution in [2.75, 3.05) is 13.6 Å². The van der Waals surface area contributed by atoms with Crippen LogP contribution in [0.1, 0.15) is 16.7 Å². The van der Waals surface area contributed by atoms with Crippen molar-refractivity contribution in [3.05, 3.63) is 65.2 Å². The maximum atomic E-state index is 5.94. The molecule has 1 aliphatic heterocycles. The Morgan fingerprint density at radius 2 is 1.91 bits per heavy atom. The number of rotatable bonds is 4. The highest BCUT2D eigenvalue weighted by Gasteiger charge is 2.22. The first-order chi connectivity index (χ1) is 11.3. The second-order valence-corrected chi connectivity index (χ2v) is 5.78. The molecule has 23 heavy (non-hydrogen) atoms. The lowest BCUT2D eigenvalue weighted by atomic mass is 10.1. The monoisotopic (exact) mass is 309 g/mol. The number of hydrogen-bond donors (Lipinski definition) is 2. The third-order valence-corrected chi connectivity index (χ3v) is 4.14. The predicted molar refractivity (Wildman–Crippen MR) is 93.9 cm³/mol. The van der Waals surface area contributed by atoms with Crippen molar-refractivity contribution < 1.29 is 4.74 Å². The smallest absolute Gasteiger partial charge is 0.191 e. The van der Waals surface area contributed by atoms with E-state index in [4.69, 9.17) is 4.74 Å². The van der Waals surface area contributed by atoms with Crippen LogP contribution in [0.4, 0.5) is 0 Å². The van der Waals surface area contributed by atoms with Crippen LogP contribution >= 0.6 is 0 Å². The van der Waals surface area contributed by atoms with Crippen LogP contribution in [0.15, 0.2) is 53.5 Å². The van der Waals surface area contributed by atoms with Crippen molar-refractivity contribution in [2.45, 2.75) is 26.0 Å². The number of aryl methyl sites for hydroxylation is 1. The van der Waals surface area contributed by atoms with Crippen molar-refractivity contribution in [2.24, 2.45) is 4.99 Å². The van der Waals surface area contributed by atoms with Crippen molar-refractivity contribution in [1.82, 2.24) is 10.6 Å². The molecular formula is C19H23N3O. The Labute approximate surface area is 137 Å². The summed E-state index contributed by atoms with van der Waals surface area (Å²) in [6, 6.07) is 16.6. The van der Waals surface area contributed by atoms with Crippen LogP contribution in [0.5, 0.6) is 5.75 Å². The van der Waals surface area contributed by atoms with E-state index in [9.17, 15) is 0 Å². The number of nitrogens with zero attached hydrogens (tertiary/aromatic N) is 1. The van der Waals surface area contributed by atoms with Crippen LogP contribution in [0.3, 0.4) is 0 Å². The molecule has 3 rings (SSSR count). The number of fused-ring (bicyclic) bond motifs is 1. The summed E-state index contributed by atoms with van der Waals surface area (Å²) in [5, 5.41) is 6.70. The van der Waals surface area contributed by atoms with E-state index in [1.54, 1.807) is 7.05 Å². The van der Waals surface area contributed by atoms with Gasteiger partial charge in [0.05, 0.1) is 6.54 Å². The lowest BCUT2D eigenvalue weighted by Gasteiger charge is -2.16. The minimum absolute atomic E-state index is 0.157. The Morgan fingerprint density at radius 1 is 1.13 bits per heavy atom. The minimum atomic E-state index is 0.157. The molecule has 1 aliphatic rings. The van der Waals surface area contributed by atoms with E-state index in [2.05, 4.69) is 58.9 Å². The molecule has 0 spiro atoms. The summed E-state index contributed by atoms with van der Waals surface area (Å²) in [6.45, 7) is 3.62. The van der Waals surface area contributed by atoms with Crippen LogP contribution in [-0.4, -0.2) is 25.7 Å². The van der Waals surface area contributed by atoms with E-state index in [0.717, 1.165) is 31.2 Å². The molecular weight excluding hydrogens is 286 g/mol. The number of aliphatic imine (C=N–C) groups is 1. The fraction of sp³-hybridized carbons (Fsp3) is 0.316. The number of benzene rings is 2. The van der Waals surface area contributed by atoms with Gasteiger partial charge in [-0.3, -0.25) is 4.99 Å². The lowest BCUT2D eigenvalue weighted by molar-refractivity contribution is 0.235. The normalized spacial score (nSPS) is 16.6. The molecule has 0 aromatic heterocycles. The summed E-state index contributed by atoms with van der Waals surface area (Å²) < 4.78 is 5.94. The molecule has 1 heterocycles. The van der Waals surface area contributed by atoms with Crippen molar-refractivity contribution >= 4 is 5.96 Å². The third kappa shape index (κ3) is 3.83. The van der Waals surface area contributed by atoms with Crippen molar-refractivity contribution in [3.63, 3.8) is 0 Å². The molecule has 0 aliphatic carbocycles. The second kappa shape index (κ2) is 7.18. The maximum Gasteiger partial charge on any atom is 0.191 e. The molecule has 1 unspecified atom stereocenters. The SMILES string of the molecule is CN=C(NCc1ccccc1C)NCC1Cc2ccccc2O1. The molecule has 2 aromatic rings. The third-order valence-electron chi connectivity index (χ3n) is 4.14. The molecule has 0 saturated heterocycles. The molecule has 0 bridgehead atoms. The van der Waals surface area contributed by atoms with Gasteiger partial charge in [0.1, 0.15) is 11.9 Å². The Bertz CT molecular complexity index is 672. The highest BCUT2D eigenvalue weighted by molar-refractivity contribution is 5.79. The molecule has 4 nitrogen and oxygen atoms in total. The number of nitrogens with one attached hydrogen (secondary N) is 2. The van der Waals surface area contributed by atoms with Gasteiger partial charge in [-0.05, 0) is 29.7 Å². The number of ether oxygens (including phenoxy) is 1. The number of hydrogen-bond acceptors (Lipinski definition) is 2. The predicted octanol–water partition coefficient (Wildman–Crippen LogP) is 2.66. The fourth-order valence-corrected chi connectivity index (χ4v) is 2.79. The molecule has 2 aromatic carbocycles. The van der Waals surface area contributed by atoms with Gasteiger partial charge in [-0.15, -0.1) is 0 Å². The summed E-state index contributed by atoms with van der Waals surface area (Å²) in [5.41, 5.74) is 3.84. The standard InChI is InChI=1S/C19H23N3O/c1-14-7-3-4-9-16(14)12-21-19(20-2)22-13-17-11-15-8-5-6-10-18(15)23-17/h3-10,17H,11-13H2,1-2H3,(H2,20,21,22). The van der Waals surface area contributed by atoms with Gasteiger partial charge in [-0.1, -0.05) is 42.5 Å². The van der Waals surface area contributed by atoms with Gasteiger partial charge in [0.15, 0.2) is 5.96 Å². The molecule has 2 N–H and O–H groups in total. The molecule has 4 heteroatoms. The first kappa shape index (κ1) is 15.4. The van der Waals surface area contributed by atoms with Gasteiger partial charge in [-0.25, -0.2) is 0 Å². The zero-order valence-electron chi connectivity index (χ0n) is 13.7. The summed E-state index contributed by atoms with van der Waals surface area (Å²) in [6.07, 6.45) is 1.10. The van der Waals surface area contributed by atoms with Crippen LogP contribution in [0.2, 0.25) is 0 Å². The van der Waals surface area contributed by atoms with Gasteiger partial charge in [0.2, 0.25) is 0 Å². The first-order valence-electron chi connectivity index (χ1n) is 8.00. The maximum absolute atomic E-state index is 5.94. The van der Waals surface area contributed by atoms with Crippen LogP contribution in [0, 0.1) is 6.92 Å². The molecule has 1 atom stereocenters. The fourth-order valence-electron chi connectivity index (χ4n) is 2.79. The Kier molecular flexibility index (Phi) is 4.81. The van der Waals surface area contributed by atoms with Gasteiger partial charge >= 0.3 is 0 Å². The highest BCUT2D eigenvalue weighted by Crippen LogP contribution is 2.27. The average molecular weight is 309 g/mol. The quantitative estimate of drug-likeness (QED) is 0.674. The first-order valence-corrected chi connectivity index (χ1v) is 8.00. The van der Waals surface area contributed by atoms with E-state index in [0.29, 0.717) is 0 Å². The molecule has 0 radical (unpaired) electrons. The summed E-state index contributed by atoms with van der Waals surface area (Å²) in [4.78, 5) is 4.28. The lowest BCUT2D eigenvalue weighted by Crippen LogP contribution is -2.42. The number of para-hydroxylation sites is 1. The highest BCUT2D eigenvalue weighted by atomic mass is 16.5. The molecule has 0 amide bonds. The van der Waals surface area contributed by atoms with Crippen LogP contribution in [0.25, 0.3) is 0 Å². The van der Waals surface area contributed by atoms with E-state index < -0.39 is 0 Å². The van der Waals surface area contributed by atoms with E-state index in [1.807, 2.05) is 12.1 Å². The van der Waals surface area contributed by atoms with Crippen molar-refractivity contribution in [3.8, 4) is 5.75 Å². The largest absolute Gasteiger partial charge is 0.488 e. The Balaban J connectivity index is 1.49. The minimum Gasteiger partial charge on any atom is -0.488 e. The zero-order chi connectivity index (χ0) is 16.1. The van der Waals surface area contributed by atoms with E-state index in [1.165, 1.54) is 16.7 Å². The molecule has 120 valence electrons. The average Bonchev–Trinajstić information content (AvgIpc) is 2.99. The molecule has 0 saturated carbocycles. The van der Waals surface area contributed by atoms with Gasteiger partial charge in [-0.2, -0.15) is 0 Å². The molecule has 0 fully saturated rings. The van der Waals surface area contributed by atoms with Crippen LogP contribution in [-0.2, 0) is 13.0 Å². The van der Waals surface area contributed by atoms with Crippen molar-refractivity contribution in [1.29, 1.82) is 0 Å². The topological polar surface area (TPSA) is 45.7 Å². The summed E-state index contributed by atoms with van der Waals surface area (Å²) in [5.74, 6) is 1.80. The number of guanidine groups is 1. The van der Waals surface area contributed by atoms with Gasteiger partial charge in [0, 0.05) is 20.0 Å². The van der Waals surface area contributed by atoms with Crippen LogP contribution < -0.4 is 15.4 Å².